The summed E-state index contributed by atoms with van der Waals surface area (Å²) in [5.41, 5.74) is 1.76. The monoisotopic (exact) mass is 837 g/mol. The summed E-state index contributed by atoms with van der Waals surface area (Å²) in [5, 5.41) is 11.4. The number of rotatable bonds is 6. The zero-order valence-electron chi connectivity index (χ0n) is 33.6. The Hall–Kier alpha value is -6.02. The standard InChI is InChI=1S/C44H46F3N9O5/c45-44(46,47)35-24-32(26-49-36(35)25-48)55-18-13-43(27-55)11-16-54(17-12-43)40(59)28-1-3-29(4-2-28)52-19-21-53(22-20-52)30-9-14-51(15-10-30)31-5-6-33-34(23-31)42(61)56(41(33)60)37-7-8-38(57)50-39(37)58/h1-6,23-24,26,30,37H,7-22,27H2,(H,50,57,58). The summed E-state index contributed by atoms with van der Waals surface area (Å²) in [6, 6.07) is 15.1. The van der Waals surface area contributed by atoms with E-state index < -0.39 is 47.1 Å². The van der Waals surface area contributed by atoms with Gasteiger partial charge in [-0.2, -0.15) is 18.4 Å². The van der Waals surface area contributed by atoms with E-state index in [1.54, 1.807) is 18.2 Å². The second-order valence-corrected chi connectivity index (χ2v) is 17.1. The predicted octanol–water partition coefficient (Wildman–Crippen LogP) is 4.30. The van der Waals surface area contributed by atoms with E-state index in [1.807, 2.05) is 40.1 Å². The SMILES string of the molecule is N#Cc1ncc(N2CCC3(CCN(C(=O)c4ccc(N5CCN(C6CCN(c7ccc8c(c7)C(=O)N(C7CCC(=O)NC7=O)C8=O)CC6)CC5)cc4)CC3)C2)cc1C(F)(F)F. The predicted molar refractivity (Wildman–Crippen MR) is 217 cm³/mol. The fourth-order valence-electron chi connectivity index (χ4n) is 10.2. The molecule has 5 fully saturated rings. The molecule has 2 aromatic carbocycles. The minimum absolute atomic E-state index is 0.0206. The number of amides is 5. The van der Waals surface area contributed by atoms with Crippen molar-refractivity contribution in [2.75, 3.05) is 80.1 Å². The van der Waals surface area contributed by atoms with Gasteiger partial charge in [-0.1, -0.05) is 0 Å². The summed E-state index contributed by atoms with van der Waals surface area (Å²) < 4.78 is 40.7. The molecule has 6 aliphatic heterocycles. The number of alkyl halides is 3. The van der Waals surface area contributed by atoms with Gasteiger partial charge in [0.2, 0.25) is 11.8 Å². The van der Waals surface area contributed by atoms with Crippen LogP contribution < -0.4 is 20.0 Å². The minimum Gasteiger partial charge on any atom is -0.371 e. The molecule has 0 radical (unpaired) electrons. The molecule has 0 saturated carbocycles. The van der Waals surface area contributed by atoms with Crippen molar-refractivity contribution < 1.29 is 37.1 Å². The van der Waals surface area contributed by atoms with Crippen LogP contribution in [0.25, 0.3) is 0 Å². The van der Waals surface area contributed by atoms with Gasteiger partial charge in [-0.3, -0.25) is 39.1 Å². The van der Waals surface area contributed by atoms with Crippen LogP contribution in [0.4, 0.5) is 30.2 Å². The van der Waals surface area contributed by atoms with Crippen LogP contribution in [0.2, 0.25) is 0 Å². The first kappa shape index (κ1) is 40.4. The second kappa shape index (κ2) is 15.8. The van der Waals surface area contributed by atoms with Gasteiger partial charge in [0.05, 0.1) is 28.6 Å². The molecule has 1 N–H and O–H groups in total. The third-order valence-electron chi connectivity index (χ3n) is 13.8. The molecule has 5 saturated heterocycles. The van der Waals surface area contributed by atoms with Gasteiger partial charge >= 0.3 is 6.18 Å². The van der Waals surface area contributed by atoms with Crippen molar-refractivity contribution in [2.45, 2.75) is 63.2 Å². The second-order valence-electron chi connectivity index (χ2n) is 17.1. The fraction of sp³-hybridized carbons (Fsp3) is 0.477. The summed E-state index contributed by atoms with van der Waals surface area (Å²) in [6.07, 6.45) is 1.13. The van der Waals surface area contributed by atoms with E-state index in [2.05, 4.69) is 25.0 Å². The van der Waals surface area contributed by atoms with Gasteiger partial charge in [-0.25, -0.2) is 4.98 Å². The smallest absolute Gasteiger partial charge is 0.371 e. The largest absolute Gasteiger partial charge is 0.419 e. The number of hydrogen-bond acceptors (Lipinski definition) is 11. The number of piperazine rings is 1. The number of anilines is 3. The molecule has 1 atom stereocenters. The molecule has 0 bridgehead atoms. The average molecular weight is 838 g/mol. The number of carbonyl (C=O) groups excluding carboxylic acids is 5. The molecule has 7 heterocycles. The molecule has 1 unspecified atom stereocenters. The summed E-state index contributed by atoms with van der Waals surface area (Å²) >= 11 is 0. The number of likely N-dealkylation sites (tertiary alicyclic amines) is 1. The van der Waals surface area contributed by atoms with E-state index in [0.29, 0.717) is 43.5 Å². The highest BCUT2D eigenvalue weighted by Gasteiger charge is 2.46. The van der Waals surface area contributed by atoms with Gasteiger partial charge in [0.25, 0.3) is 17.7 Å². The lowest BCUT2D eigenvalue weighted by atomic mass is 9.77. The van der Waals surface area contributed by atoms with Crippen LogP contribution in [0.5, 0.6) is 0 Å². The number of nitriles is 1. The van der Waals surface area contributed by atoms with Gasteiger partial charge in [0.15, 0.2) is 5.69 Å². The number of hydrogen-bond donors (Lipinski definition) is 1. The molecule has 17 heteroatoms. The maximum Gasteiger partial charge on any atom is 0.419 e. The highest BCUT2D eigenvalue weighted by atomic mass is 19.4. The maximum absolute atomic E-state index is 13.6. The molecule has 3 aromatic rings. The quantitative estimate of drug-likeness (QED) is 0.354. The van der Waals surface area contributed by atoms with Crippen LogP contribution in [-0.2, 0) is 15.8 Å². The van der Waals surface area contributed by atoms with Crippen molar-refractivity contribution in [1.29, 1.82) is 5.26 Å². The van der Waals surface area contributed by atoms with Crippen LogP contribution in [0.15, 0.2) is 54.7 Å². The molecule has 0 aliphatic carbocycles. The summed E-state index contributed by atoms with van der Waals surface area (Å²) in [5.74, 6) is -2.06. The Morgan fingerprint density at radius 1 is 0.754 bits per heavy atom. The number of imide groups is 2. The Labute approximate surface area is 350 Å². The third kappa shape index (κ3) is 7.66. The van der Waals surface area contributed by atoms with Gasteiger partial charge in [-0.05, 0) is 92.5 Å². The lowest BCUT2D eigenvalue weighted by Gasteiger charge is -2.44. The van der Waals surface area contributed by atoms with E-state index in [-0.39, 0.29) is 35.3 Å². The van der Waals surface area contributed by atoms with E-state index in [1.165, 1.54) is 6.20 Å². The third-order valence-corrected chi connectivity index (χ3v) is 13.8. The summed E-state index contributed by atoms with van der Waals surface area (Å²) in [7, 11) is 0. The minimum atomic E-state index is -4.66. The summed E-state index contributed by atoms with van der Waals surface area (Å²) in [4.78, 5) is 79.9. The van der Waals surface area contributed by atoms with Gasteiger partial charge in [0.1, 0.15) is 12.1 Å². The Kier molecular flexibility index (Phi) is 10.5. The van der Waals surface area contributed by atoms with Gasteiger partial charge in [-0.15, -0.1) is 0 Å². The van der Waals surface area contributed by atoms with Crippen LogP contribution >= 0.6 is 0 Å². The topological polar surface area (TPSA) is 154 Å². The zero-order valence-corrected chi connectivity index (χ0v) is 33.6. The maximum atomic E-state index is 13.6. The van der Waals surface area contributed by atoms with Crippen molar-refractivity contribution in [3.63, 3.8) is 0 Å². The molecule has 318 valence electrons. The Morgan fingerprint density at radius 3 is 2.08 bits per heavy atom. The first-order chi connectivity index (χ1) is 29.3. The van der Waals surface area contributed by atoms with E-state index in [9.17, 15) is 37.1 Å². The number of halogens is 3. The molecule has 5 amide bonds. The Balaban J connectivity index is 0.732. The molecule has 14 nitrogen and oxygen atoms in total. The number of carbonyl (C=O) groups is 5. The van der Waals surface area contributed by atoms with Crippen LogP contribution in [0.3, 0.4) is 0 Å². The van der Waals surface area contributed by atoms with Crippen molar-refractivity contribution in [2.24, 2.45) is 5.41 Å². The summed E-state index contributed by atoms with van der Waals surface area (Å²) in [6.45, 7) is 7.48. The van der Waals surface area contributed by atoms with Crippen molar-refractivity contribution >= 4 is 46.6 Å². The normalized spacial score (nSPS) is 22.5. The number of aromatic nitrogens is 1. The molecule has 1 spiro atoms. The molecule has 1 aromatic heterocycles. The molecule has 9 rings (SSSR count). The van der Waals surface area contributed by atoms with Gasteiger partial charge in [0, 0.05) is 94.8 Å². The van der Waals surface area contributed by atoms with Crippen LogP contribution in [0, 0.1) is 16.7 Å². The first-order valence-corrected chi connectivity index (χ1v) is 21.0. The lowest BCUT2D eigenvalue weighted by Crippen LogP contribution is -2.54. The number of piperidine rings is 3. The van der Waals surface area contributed by atoms with Crippen molar-refractivity contribution in [1.82, 2.24) is 25.0 Å². The number of nitrogens with zero attached hydrogens (tertiary/aromatic N) is 8. The Bertz CT molecular complexity index is 2310. The number of pyridine rings is 1. The number of benzene rings is 2. The number of fused-ring (bicyclic) bond motifs is 1. The van der Waals surface area contributed by atoms with Crippen LogP contribution in [-0.4, -0.2) is 127 Å². The molecule has 6 aliphatic rings. The molecular weight excluding hydrogens is 792 g/mol. The van der Waals surface area contributed by atoms with Crippen molar-refractivity contribution in [3.8, 4) is 6.07 Å². The highest BCUT2D eigenvalue weighted by molar-refractivity contribution is 6.23. The Morgan fingerprint density at radius 2 is 1.41 bits per heavy atom. The van der Waals surface area contributed by atoms with E-state index >= 15 is 0 Å². The lowest BCUT2D eigenvalue weighted by molar-refractivity contribution is -0.138. The highest BCUT2D eigenvalue weighted by Crippen LogP contribution is 2.43. The van der Waals surface area contributed by atoms with Gasteiger partial charge < -0.3 is 19.6 Å². The zero-order chi connectivity index (χ0) is 42.6. The molecule has 61 heavy (non-hydrogen) atoms. The molecular formula is C44H46F3N9O5. The van der Waals surface area contributed by atoms with E-state index in [0.717, 1.165) is 93.7 Å². The fourth-order valence-corrected chi connectivity index (χ4v) is 10.2. The first-order valence-electron chi connectivity index (χ1n) is 21.0. The number of nitrogens with one attached hydrogen (secondary N) is 1. The van der Waals surface area contributed by atoms with Crippen molar-refractivity contribution in [3.05, 3.63) is 82.7 Å². The average Bonchev–Trinajstić information content (AvgIpc) is 3.80. The van der Waals surface area contributed by atoms with Crippen LogP contribution in [0.1, 0.15) is 87.3 Å². The van der Waals surface area contributed by atoms with E-state index in [4.69, 9.17) is 5.26 Å².